The van der Waals surface area contributed by atoms with Crippen LogP contribution in [0, 0.1) is 0 Å². The predicted octanol–water partition coefficient (Wildman–Crippen LogP) is 2.56. The summed E-state index contributed by atoms with van der Waals surface area (Å²) in [6, 6.07) is 7.79. The quantitative estimate of drug-likeness (QED) is 0.735. The van der Waals surface area contributed by atoms with Gasteiger partial charge in [0.25, 0.3) is 0 Å². The Labute approximate surface area is 81.2 Å². The first-order chi connectivity index (χ1) is 6.70. The summed E-state index contributed by atoms with van der Waals surface area (Å²) in [6.45, 7) is 1.91. The molecule has 0 aliphatic heterocycles. The van der Waals surface area contributed by atoms with E-state index in [1.165, 1.54) is 0 Å². The molecule has 0 spiro atoms. The largest absolute Gasteiger partial charge is 0.341 e. The topological polar surface area (TPSA) is 28.7 Å². The number of alkyl halides is 1. The minimum Gasteiger partial charge on any atom is -0.341 e. The Hall–Kier alpha value is -1.38. The summed E-state index contributed by atoms with van der Waals surface area (Å²) in [5, 5.41) is 0. The summed E-state index contributed by atoms with van der Waals surface area (Å²) >= 11 is 0. The van der Waals surface area contributed by atoms with Gasteiger partial charge in [-0.3, -0.25) is 0 Å². The van der Waals surface area contributed by atoms with Gasteiger partial charge in [0.2, 0.25) is 0 Å². The Morgan fingerprint density at radius 1 is 1.50 bits per heavy atom. The number of halogens is 1. The minimum absolute atomic E-state index is 0.362. The van der Waals surface area contributed by atoms with Gasteiger partial charge >= 0.3 is 0 Å². The third-order valence-corrected chi connectivity index (χ3v) is 3.06. The van der Waals surface area contributed by atoms with Crippen LogP contribution in [0.5, 0.6) is 0 Å². The number of fused-ring (bicyclic) bond motifs is 1. The molecule has 0 saturated heterocycles. The highest BCUT2D eigenvalue weighted by molar-refractivity contribution is 5.75. The fourth-order valence-electron chi connectivity index (χ4n) is 1.78. The van der Waals surface area contributed by atoms with Crippen molar-refractivity contribution < 1.29 is 4.39 Å². The van der Waals surface area contributed by atoms with Crippen molar-refractivity contribution in [2.24, 2.45) is 0 Å². The Bertz CT molecular complexity index is 458. The molecule has 1 heterocycles. The number of nitrogens with one attached hydrogen (secondary N) is 1. The molecular formula is C11H11FN2. The van der Waals surface area contributed by atoms with Crippen molar-refractivity contribution in [1.29, 1.82) is 0 Å². The zero-order chi connectivity index (χ0) is 9.76. The van der Waals surface area contributed by atoms with E-state index < -0.39 is 6.17 Å². The van der Waals surface area contributed by atoms with Crippen LogP contribution in [0.25, 0.3) is 11.0 Å². The molecular weight excluding hydrogens is 179 g/mol. The molecule has 2 atom stereocenters. The third kappa shape index (κ3) is 0.924. The number of aromatic nitrogens is 2. The molecule has 1 fully saturated rings. The predicted molar refractivity (Wildman–Crippen MR) is 53.0 cm³/mol. The molecule has 1 aromatic heterocycles. The summed E-state index contributed by atoms with van der Waals surface area (Å²) in [7, 11) is 0. The van der Waals surface area contributed by atoms with E-state index in [-0.39, 0.29) is 5.41 Å². The van der Waals surface area contributed by atoms with Crippen LogP contribution in [0.3, 0.4) is 0 Å². The highest BCUT2D eigenvalue weighted by Crippen LogP contribution is 2.49. The maximum Gasteiger partial charge on any atom is 0.116 e. The lowest BCUT2D eigenvalue weighted by Crippen LogP contribution is -2.06. The summed E-state index contributed by atoms with van der Waals surface area (Å²) in [4.78, 5) is 7.58. The molecule has 1 aliphatic carbocycles. The van der Waals surface area contributed by atoms with Crippen molar-refractivity contribution in [1.82, 2.24) is 9.97 Å². The first-order valence-corrected chi connectivity index (χ1v) is 4.79. The lowest BCUT2D eigenvalue weighted by molar-refractivity contribution is 0.426. The highest BCUT2D eigenvalue weighted by Gasteiger charge is 2.54. The lowest BCUT2D eigenvalue weighted by Gasteiger charge is -2.01. The molecule has 72 valence electrons. The SMILES string of the molecule is CC1(c2nc3ccccc3[nH]2)CC1F. The number of H-pyrrole nitrogens is 1. The highest BCUT2D eigenvalue weighted by atomic mass is 19.1. The molecule has 1 N–H and O–H groups in total. The maximum absolute atomic E-state index is 13.1. The molecule has 1 aromatic carbocycles. The van der Waals surface area contributed by atoms with E-state index in [2.05, 4.69) is 9.97 Å². The smallest absolute Gasteiger partial charge is 0.116 e. The van der Waals surface area contributed by atoms with Crippen LogP contribution in [-0.2, 0) is 5.41 Å². The van der Waals surface area contributed by atoms with Crippen LogP contribution in [-0.4, -0.2) is 16.1 Å². The number of imidazole rings is 1. The van der Waals surface area contributed by atoms with Crippen molar-refractivity contribution in [2.75, 3.05) is 0 Å². The van der Waals surface area contributed by atoms with Gasteiger partial charge in [-0.05, 0) is 25.5 Å². The second kappa shape index (κ2) is 2.35. The first-order valence-electron chi connectivity index (χ1n) is 4.79. The Kier molecular flexibility index (Phi) is 1.34. The van der Waals surface area contributed by atoms with Gasteiger partial charge in [0.1, 0.15) is 12.0 Å². The number of para-hydroxylation sites is 2. The fraction of sp³-hybridized carbons (Fsp3) is 0.364. The van der Waals surface area contributed by atoms with Crippen molar-refractivity contribution in [3.05, 3.63) is 30.1 Å². The first kappa shape index (κ1) is 7.97. The molecule has 0 amide bonds. The van der Waals surface area contributed by atoms with E-state index in [1.807, 2.05) is 31.2 Å². The van der Waals surface area contributed by atoms with Crippen molar-refractivity contribution >= 4 is 11.0 Å². The number of rotatable bonds is 1. The monoisotopic (exact) mass is 190 g/mol. The van der Waals surface area contributed by atoms with Crippen LogP contribution in [0.4, 0.5) is 4.39 Å². The third-order valence-electron chi connectivity index (χ3n) is 3.06. The second-order valence-corrected chi connectivity index (χ2v) is 4.19. The van der Waals surface area contributed by atoms with Gasteiger partial charge in [-0.2, -0.15) is 0 Å². The van der Waals surface area contributed by atoms with E-state index in [1.54, 1.807) is 0 Å². The van der Waals surface area contributed by atoms with Crippen LogP contribution in [0.15, 0.2) is 24.3 Å². The summed E-state index contributed by atoms with van der Waals surface area (Å²) < 4.78 is 13.1. The Morgan fingerprint density at radius 2 is 2.21 bits per heavy atom. The molecule has 1 saturated carbocycles. The molecule has 0 radical (unpaired) electrons. The van der Waals surface area contributed by atoms with Crippen molar-refractivity contribution in [3.63, 3.8) is 0 Å². The van der Waals surface area contributed by atoms with Crippen molar-refractivity contribution in [3.8, 4) is 0 Å². The van der Waals surface area contributed by atoms with Gasteiger partial charge in [-0.25, -0.2) is 9.37 Å². The van der Waals surface area contributed by atoms with Crippen LogP contribution in [0.1, 0.15) is 19.2 Å². The Morgan fingerprint density at radius 3 is 2.86 bits per heavy atom. The standard InChI is InChI=1S/C11H11FN2/c1-11(6-9(11)12)10-13-7-4-2-3-5-8(7)14-10/h2-5,9H,6H2,1H3,(H,13,14). The van der Waals surface area contributed by atoms with Gasteiger partial charge in [-0.1, -0.05) is 12.1 Å². The van der Waals surface area contributed by atoms with E-state index in [4.69, 9.17) is 0 Å². The second-order valence-electron chi connectivity index (χ2n) is 4.19. The van der Waals surface area contributed by atoms with Crippen LogP contribution < -0.4 is 0 Å². The molecule has 14 heavy (non-hydrogen) atoms. The van der Waals surface area contributed by atoms with Gasteiger partial charge in [0.15, 0.2) is 0 Å². The summed E-state index contributed by atoms with van der Waals surface area (Å²) in [5.74, 6) is 0.784. The number of hydrogen-bond donors (Lipinski definition) is 1. The zero-order valence-corrected chi connectivity index (χ0v) is 7.92. The summed E-state index contributed by atoms with van der Waals surface area (Å²) in [6.07, 6.45) is -0.143. The van der Waals surface area contributed by atoms with Gasteiger partial charge in [0, 0.05) is 0 Å². The number of hydrogen-bond acceptors (Lipinski definition) is 1. The van der Waals surface area contributed by atoms with Crippen molar-refractivity contribution in [2.45, 2.75) is 24.9 Å². The molecule has 1 aliphatic rings. The molecule has 3 rings (SSSR count). The molecule has 2 aromatic rings. The van der Waals surface area contributed by atoms with Crippen LogP contribution in [0.2, 0.25) is 0 Å². The van der Waals surface area contributed by atoms with Crippen LogP contribution >= 0.6 is 0 Å². The summed E-state index contributed by atoms with van der Waals surface area (Å²) in [5.41, 5.74) is 1.55. The number of benzene rings is 1. The van der Waals surface area contributed by atoms with Gasteiger partial charge in [-0.15, -0.1) is 0 Å². The van der Waals surface area contributed by atoms with Gasteiger partial charge in [0.05, 0.1) is 16.4 Å². The minimum atomic E-state index is -0.733. The van der Waals surface area contributed by atoms with E-state index in [0.717, 1.165) is 16.9 Å². The normalized spacial score (nSPS) is 30.9. The lowest BCUT2D eigenvalue weighted by atomic mass is 10.1. The molecule has 2 unspecified atom stereocenters. The molecule has 2 nitrogen and oxygen atoms in total. The number of aromatic amines is 1. The van der Waals surface area contributed by atoms with Gasteiger partial charge < -0.3 is 4.98 Å². The average molecular weight is 190 g/mol. The zero-order valence-electron chi connectivity index (χ0n) is 7.92. The Balaban J connectivity index is 2.16. The number of nitrogens with zero attached hydrogens (tertiary/aromatic N) is 1. The van der Waals surface area contributed by atoms with E-state index in [0.29, 0.717) is 6.42 Å². The fourth-order valence-corrected chi connectivity index (χ4v) is 1.78. The average Bonchev–Trinajstić information content (AvgIpc) is 2.66. The molecule has 3 heteroatoms. The van der Waals surface area contributed by atoms with E-state index >= 15 is 0 Å². The van der Waals surface area contributed by atoms with E-state index in [9.17, 15) is 4.39 Å². The maximum atomic E-state index is 13.1. The molecule has 0 bridgehead atoms.